The fourth-order valence-electron chi connectivity index (χ4n) is 17.2. The number of ether oxygens (including phenoxy) is 12. The molecule has 0 bridgehead atoms. The van der Waals surface area contributed by atoms with Crippen LogP contribution in [0.2, 0.25) is 0 Å². The Morgan fingerprint density at radius 2 is 1.32 bits per heavy atom. The minimum Gasteiger partial charge on any atom is -0.446 e. The number of nitrogen functional groups attached to an aromatic ring is 2. The molecule has 32 nitrogen and oxygen atoms in total. The summed E-state index contributed by atoms with van der Waals surface area (Å²) in [4.78, 5) is 98.0. The molecule has 3 fully saturated rings. The summed E-state index contributed by atoms with van der Waals surface area (Å²) in [5, 5.41) is 28.0. The van der Waals surface area contributed by atoms with Gasteiger partial charge in [-0.1, -0.05) is 89.3 Å². The number of benzene rings is 2. The number of Topliss-reactive ketones (excluding diaryl/α,β-unsaturated/α-hetero) is 2. The van der Waals surface area contributed by atoms with E-state index in [0.717, 1.165) is 98.5 Å². The molecule has 4 aliphatic rings. The summed E-state index contributed by atoms with van der Waals surface area (Å²) >= 11 is 0. The van der Waals surface area contributed by atoms with Crippen LogP contribution in [-0.4, -0.2) is 293 Å². The van der Waals surface area contributed by atoms with Crippen molar-refractivity contribution in [3.63, 3.8) is 0 Å². The van der Waals surface area contributed by atoms with Crippen molar-refractivity contribution < 1.29 is 100 Å². The topological polar surface area (TPSA) is 388 Å². The summed E-state index contributed by atoms with van der Waals surface area (Å²) < 4.78 is 76.3. The van der Waals surface area contributed by atoms with Gasteiger partial charge in [0.25, 0.3) is 17.7 Å². The van der Waals surface area contributed by atoms with Crippen LogP contribution >= 0.6 is 0 Å². The Balaban J connectivity index is 0.505. The van der Waals surface area contributed by atoms with E-state index in [1.165, 1.54) is 16.8 Å². The Kier molecular flexibility index (Phi) is 43.3. The quantitative estimate of drug-likeness (QED) is 0.0122. The van der Waals surface area contributed by atoms with E-state index in [1.807, 2.05) is 66.8 Å². The van der Waals surface area contributed by atoms with E-state index >= 15 is 0 Å². The number of oxazole rings is 1. The molecule has 1 saturated carbocycles. The second kappa shape index (κ2) is 53.7. The summed E-state index contributed by atoms with van der Waals surface area (Å²) in [7, 11) is 6.86. The molecule has 5 aromatic rings. The second-order valence-corrected chi connectivity index (χ2v) is 35.4. The van der Waals surface area contributed by atoms with Crippen LogP contribution in [0.3, 0.4) is 0 Å². The zero-order valence-electron chi connectivity index (χ0n) is 77.7. The van der Waals surface area contributed by atoms with Crippen LogP contribution in [0.5, 0.6) is 0 Å². The number of rotatable bonds is 57. The number of methoxy groups -OCH3 is 2. The third-order valence-corrected chi connectivity index (χ3v) is 24.9. The highest BCUT2D eigenvalue weighted by atomic mass is 16.6. The molecule has 2 aromatic carbocycles. The van der Waals surface area contributed by atoms with Gasteiger partial charge >= 0.3 is 6.09 Å². The van der Waals surface area contributed by atoms with Gasteiger partial charge in [0.2, 0.25) is 17.6 Å². The number of ketones is 2. The third-order valence-electron chi connectivity index (χ3n) is 24.9. The SMILES string of the molecule is CO[C@@H](CC1CCC[C@](O)(C(=O)C(=O)N2CCCCC2)O1)/C(C)=C/C=C/C=C/[C@@H](C)C[C@@H](C)C(=O)C[C@H](O)/C(C)=C/[C@@H](C)CC[C@H](OC)[C@H](C)C[C@]1(C)CC[C@@H](OC(=O)N(C)CCOCCOCCOCCOCCC(=O)N(C)CCOCCOCCOCCOCCC(=O)N2CCc3cc(Cn4nc(-c5ccc6oc(N)nc6c5)c5c(N)ncnc54)ccc3C2)CC1. The predicted molar refractivity (Wildman–Crippen MR) is 487 cm³/mol. The van der Waals surface area contributed by atoms with Gasteiger partial charge in [-0.3, -0.25) is 24.0 Å². The lowest BCUT2D eigenvalue weighted by molar-refractivity contribution is -0.244. The number of likely N-dealkylation sites (tertiary alicyclic amines) is 1. The molecular formula is C96H145N11O21. The highest BCUT2D eigenvalue weighted by molar-refractivity contribution is 6.38. The number of amides is 4. The number of hydrogen-bond donors (Lipinski definition) is 4. The zero-order valence-corrected chi connectivity index (χ0v) is 77.7. The molecule has 3 aliphatic heterocycles. The number of likely N-dealkylation sites (N-methyl/N-ethyl adjacent to an activating group) is 2. The Labute approximate surface area is 755 Å². The van der Waals surface area contributed by atoms with E-state index in [4.69, 9.17) is 77.8 Å². The summed E-state index contributed by atoms with van der Waals surface area (Å²) in [6, 6.07) is 11.9. The van der Waals surface area contributed by atoms with Crippen LogP contribution < -0.4 is 11.5 Å². The number of carbonyl (C=O) groups is 6. The van der Waals surface area contributed by atoms with Crippen molar-refractivity contribution in [2.45, 2.75) is 220 Å². The molecule has 128 heavy (non-hydrogen) atoms. The van der Waals surface area contributed by atoms with Gasteiger partial charge in [-0.05, 0) is 173 Å². The summed E-state index contributed by atoms with van der Waals surface area (Å²) in [5.41, 5.74) is 20.6. The van der Waals surface area contributed by atoms with Gasteiger partial charge in [0.05, 0.1) is 155 Å². The maximum atomic E-state index is 13.4. The number of piperidine rings is 1. The highest BCUT2D eigenvalue weighted by Gasteiger charge is 2.47. The fraction of sp³-hybridized carbons (Fsp3) is 0.667. The number of aliphatic hydroxyl groups is 2. The molecule has 9 atom stereocenters. The van der Waals surface area contributed by atoms with Crippen LogP contribution in [0.4, 0.5) is 16.6 Å². The van der Waals surface area contributed by atoms with E-state index in [1.54, 1.807) is 44.2 Å². The molecule has 4 amide bonds. The van der Waals surface area contributed by atoms with Crippen molar-refractivity contribution in [3.8, 4) is 11.3 Å². The summed E-state index contributed by atoms with van der Waals surface area (Å²) in [6.45, 7) is 23.9. The predicted octanol–water partition coefficient (Wildman–Crippen LogP) is 11.8. The van der Waals surface area contributed by atoms with E-state index in [0.29, 0.717) is 210 Å². The molecule has 32 heteroatoms. The maximum Gasteiger partial charge on any atom is 0.409 e. The van der Waals surface area contributed by atoms with Gasteiger partial charge in [-0.15, -0.1) is 0 Å². The van der Waals surface area contributed by atoms with Crippen molar-refractivity contribution in [3.05, 3.63) is 107 Å². The van der Waals surface area contributed by atoms with Crippen molar-refractivity contribution >= 4 is 69.3 Å². The fourth-order valence-corrected chi connectivity index (χ4v) is 17.2. The van der Waals surface area contributed by atoms with Gasteiger partial charge < -0.3 is 103 Å². The van der Waals surface area contributed by atoms with E-state index < -0.39 is 29.7 Å². The van der Waals surface area contributed by atoms with Crippen LogP contribution in [0.15, 0.2) is 94.7 Å². The Morgan fingerprint density at radius 1 is 0.680 bits per heavy atom. The molecule has 2 saturated heterocycles. The molecule has 6 N–H and O–H groups in total. The van der Waals surface area contributed by atoms with Gasteiger partial charge in [-0.2, -0.15) is 10.1 Å². The number of fused-ring (bicyclic) bond motifs is 3. The molecule has 1 aliphatic carbocycles. The monoisotopic (exact) mass is 1790 g/mol. The molecule has 1 unspecified atom stereocenters. The number of aromatic nitrogens is 5. The summed E-state index contributed by atoms with van der Waals surface area (Å²) in [5.74, 6) is -2.93. The zero-order chi connectivity index (χ0) is 92.0. The standard InChI is InChI=1S/C96H145N11O21/c1-67(19-14-12-15-20-69(3)84(117-11)61-78-21-18-33-96(115,128-78)89(112)92(113)105-36-16-13-17-37-105)57-70(4)80(108)62-81(109)71(5)58-68(2)22-26-82(116-10)72(6)63-95(7)34-28-77(29-35-95)126-94(114)104(9)40-44-121-48-52-125-56-53-122-49-45-118-41-31-85(110)103(8)39-43-120-47-51-124-55-54-123-50-46-119-42-32-86(111)106-38-30-74-59-73(23-24-76(74)65-106)64-107-91-87(90(97)99-66-100-91)88(102-107)75-25-27-83-79(60-75)101-93(98)127-83/h12,14-15,19-20,23-25,27,58-60,66-68,70,72,77-78,81-82,84,109,115H,13,16-18,21-22,26,28-57,61-65H2,1-11H3,(H2,98,101)(H2,97,99,100)/b15-12+,19-14+,69-20+,71-58+/t67-,68+,70-,72-,77-,78?,81+,82+,84+,95-,96-/m1/s1. The normalized spacial score (nSPS) is 20.0. The van der Waals surface area contributed by atoms with Crippen molar-refractivity contribution in [2.75, 3.05) is 178 Å². The average Bonchev–Trinajstić information content (AvgIpc) is 1.60. The first kappa shape index (κ1) is 103. The van der Waals surface area contributed by atoms with Crippen molar-refractivity contribution in [2.24, 2.45) is 29.1 Å². The molecule has 710 valence electrons. The van der Waals surface area contributed by atoms with Crippen LogP contribution in [-0.2, 0) is 100 Å². The summed E-state index contributed by atoms with van der Waals surface area (Å²) in [6.07, 6.45) is 24.0. The number of nitrogens with zero attached hydrogens (tertiary/aromatic N) is 9. The lowest BCUT2D eigenvalue weighted by Gasteiger charge is -2.40. The first-order valence-corrected chi connectivity index (χ1v) is 46.1. The number of nitrogens with two attached hydrogens (primary N) is 2. The highest BCUT2D eigenvalue weighted by Crippen LogP contribution is 2.44. The van der Waals surface area contributed by atoms with E-state index in [-0.39, 0.29) is 103 Å². The first-order valence-electron chi connectivity index (χ1n) is 46.1. The number of anilines is 2. The smallest absolute Gasteiger partial charge is 0.409 e. The van der Waals surface area contributed by atoms with Gasteiger partial charge in [0.15, 0.2) is 11.2 Å². The minimum absolute atomic E-state index is 0.0310. The van der Waals surface area contributed by atoms with Crippen LogP contribution in [0.25, 0.3) is 33.4 Å². The van der Waals surface area contributed by atoms with E-state index in [9.17, 15) is 39.0 Å². The average molecular weight is 1790 g/mol. The Hall–Kier alpha value is -8.48. The molecule has 6 heterocycles. The molecule has 0 spiro atoms. The second-order valence-electron chi connectivity index (χ2n) is 35.4. The number of aliphatic hydroxyl groups excluding tert-OH is 1. The minimum atomic E-state index is -2.12. The maximum absolute atomic E-state index is 13.4. The molecular weight excluding hydrogens is 1640 g/mol. The third kappa shape index (κ3) is 33.4. The number of carbonyl (C=O) groups excluding carboxylic acids is 6. The Morgan fingerprint density at radius 3 is 1.98 bits per heavy atom. The first-order chi connectivity index (χ1) is 61.6. The van der Waals surface area contributed by atoms with Gasteiger partial charge in [-0.25, -0.2) is 19.4 Å². The number of hydrogen-bond acceptors (Lipinski definition) is 27. The lowest BCUT2D eigenvalue weighted by atomic mass is 9.69. The number of allylic oxidation sites excluding steroid dienone is 6. The molecule has 0 radical (unpaired) electrons. The molecule has 3 aromatic heterocycles. The largest absolute Gasteiger partial charge is 0.446 e. The lowest BCUT2D eigenvalue weighted by Crippen LogP contribution is -2.55. The molecule has 9 rings (SSSR count). The van der Waals surface area contributed by atoms with Gasteiger partial charge in [0, 0.05) is 98.3 Å². The van der Waals surface area contributed by atoms with Crippen LogP contribution in [0.1, 0.15) is 181 Å². The van der Waals surface area contributed by atoms with E-state index in [2.05, 4.69) is 73.0 Å². The van der Waals surface area contributed by atoms with Crippen molar-refractivity contribution in [1.82, 2.24) is 44.3 Å². The Bertz CT molecular complexity index is 4400. The van der Waals surface area contributed by atoms with Gasteiger partial charge in [0.1, 0.15) is 35.2 Å². The van der Waals surface area contributed by atoms with Crippen LogP contribution in [0, 0.1) is 29.1 Å². The van der Waals surface area contributed by atoms with Crippen molar-refractivity contribution in [1.29, 1.82) is 0 Å².